The number of piperazine rings is 1. The van der Waals surface area contributed by atoms with E-state index in [1.165, 1.54) is 6.07 Å². The maximum Gasteiger partial charge on any atom is 0.153 e. The first-order chi connectivity index (χ1) is 14.1. The molecule has 0 unspecified atom stereocenters. The number of aromatic nitrogens is 3. The molecule has 1 aliphatic heterocycles. The van der Waals surface area contributed by atoms with Crippen LogP contribution in [-0.2, 0) is 7.05 Å². The van der Waals surface area contributed by atoms with Crippen LogP contribution in [0.1, 0.15) is 0 Å². The van der Waals surface area contributed by atoms with Gasteiger partial charge in [0.2, 0.25) is 0 Å². The highest BCUT2D eigenvalue weighted by Crippen LogP contribution is 2.32. The Labute approximate surface area is 166 Å². The van der Waals surface area contributed by atoms with Crippen LogP contribution in [0.5, 0.6) is 0 Å². The van der Waals surface area contributed by atoms with Crippen molar-refractivity contribution in [1.29, 1.82) is 0 Å². The number of pyridine rings is 1. The van der Waals surface area contributed by atoms with Crippen molar-refractivity contribution in [3.05, 3.63) is 54.4 Å². The summed E-state index contributed by atoms with van der Waals surface area (Å²) in [6.45, 7) is 3.44. The Morgan fingerprint density at radius 2 is 1.86 bits per heavy atom. The lowest BCUT2D eigenvalue weighted by Crippen LogP contribution is -2.43. The SMILES string of the molecule is Cn1cc2cc(Nc3nccc4cc(N5CCNCC5)cc(F)c34)cc(F)c2n1. The van der Waals surface area contributed by atoms with Crippen molar-refractivity contribution >= 4 is 38.9 Å². The van der Waals surface area contributed by atoms with E-state index < -0.39 is 5.82 Å². The highest BCUT2D eigenvalue weighted by Gasteiger charge is 2.16. The summed E-state index contributed by atoms with van der Waals surface area (Å²) >= 11 is 0. The van der Waals surface area contributed by atoms with Gasteiger partial charge in [-0.3, -0.25) is 4.68 Å². The van der Waals surface area contributed by atoms with E-state index in [0.29, 0.717) is 27.8 Å². The molecule has 1 saturated heterocycles. The molecule has 2 aromatic carbocycles. The van der Waals surface area contributed by atoms with Gasteiger partial charge in [-0.25, -0.2) is 13.8 Å². The van der Waals surface area contributed by atoms with Crippen molar-refractivity contribution in [3.8, 4) is 0 Å². The number of nitrogens with zero attached hydrogens (tertiary/aromatic N) is 4. The lowest BCUT2D eigenvalue weighted by Gasteiger charge is -2.29. The van der Waals surface area contributed by atoms with E-state index in [0.717, 1.165) is 37.3 Å². The summed E-state index contributed by atoms with van der Waals surface area (Å²) in [6.07, 6.45) is 3.37. The van der Waals surface area contributed by atoms with Crippen molar-refractivity contribution in [2.45, 2.75) is 0 Å². The molecule has 1 fully saturated rings. The molecule has 2 N–H and O–H groups in total. The number of hydrogen-bond acceptors (Lipinski definition) is 5. The molecule has 0 bridgehead atoms. The predicted octanol–water partition coefficient (Wildman–Crippen LogP) is 3.55. The molecule has 0 spiro atoms. The van der Waals surface area contributed by atoms with Gasteiger partial charge in [-0.2, -0.15) is 5.10 Å². The first-order valence-corrected chi connectivity index (χ1v) is 9.52. The summed E-state index contributed by atoms with van der Waals surface area (Å²) in [4.78, 5) is 6.47. The van der Waals surface area contributed by atoms with Crippen molar-refractivity contribution in [3.63, 3.8) is 0 Å². The Balaban J connectivity index is 1.55. The quantitative estimate of drug-likeness (QED) is 0.557. The fraction of sp³-hybridized carbons (Fsp3) is 0.238. The Kier molecular flexibility index (Phi) is 4.28. The molecule has 148 valence electrons. The second-order valence-electron chi connectivity index (χ2n) is 7.25. The van der Waals surface area contributed by atoms with E-state index in [9.17, 15) is 4.39 Å². The molecular formula is C21H20F2N6. The second kappa shape index (κ2) is 6.97. The summed E-state index contributed by atoms with van der Waals surface area (Å²) in [5.41, 5.74) is 1.65. The first-order valence-electron chi connectivity index (χ1n) is 9.52. The van der Waals surface area contributed by atoms with E-state index in [1.54, 1.807) is 42.3 Å². The zero-order chi connectivity index (χ0) is 20.0. The van der Waals surface area contributed by atoms with E-state index >= 15 is 4.39 Å². The Bertz CT molecular complexity index is 1210. The molecule has 0 saturated carbocycles. The van der Waals surface area contributed by atoms with E-state index in [-0.39, 0.29) is 5.82 Å². The molecule has 2 aromatic heterocycles. The number of rotatable bonds is 3. The monoisotopic (exact) mass is 394 g/mol. The minimum absolute atomic E-state index is 0.302. The average Bonchev–Trinajstić information content (AvgIpc) is 3.09. The number of aryl methyl sites for hydroxylation is 1. The minimum atomic E-state index is -0.438. The number of benzene rings is 2. The Morgan fingerprint density at radius 3 is 2.69 bits per heavy atom. The van der Waals surface area contributed by atoms with Crippen LogP contribution in [0.4, 0.5) is 26.0 Å². The van der Waals surface area contributed by atoms with Crippen LogP contribution in [0.25, 0.3) is 21.7 Å². The molecule has 0 atom stereocenters. The third-order valence-electron chi connectivity index (χ3n) is 5.22. The van der Waals surface area contributed by atoms with Crippen molar-refractivity contribution in [1.82, 2.24) is 20.1 Å². The van der Waals surface area contributed by atoms with Gasteiger partial charge in [-0.05, 0) is 35.7 Å². The van der Waals surface area contributed by atoms with Crippen LogP contribution in [0.15, 0.2) is 42.7 Å². The number of fused-ring (bicyclic) bond motifs is 2. The van der Waals surface area contributed by atoms with Gasteiger partial charge < -0.3 is 15.5 Å². The van der Waals surface area contributed by atoms with Gasteiger partial charge in [0.25, 0.3) is 0 Å². The molecule has 0 amide bonds. The largest absolute Gasteiger partial charge is 0.369 e. The fourth-order valence-corrected chi connectivity index (χ4v) is 3.87. The van der Waals surface area contributed by atoms with Gasteiger partial charge in [-0.15, -0.1) is 0 Å². The Morgan fingerprint density at radius 1 is 1.03 bits per heavy atom. The molecule has 3 heterocycles. The first kappa shape index (κ1) is 17.8. The zero-order valence-corrected chi connectivity index (χ0v) is 15.9. The molecule has 29 heavy (non-hydrogen) atoms. The maximum atomic E-state index is 15.1. The van der Waals surface area contributed by atoms with Crippen LogP contribution >= 0.6 is 0 Å². The normalized spacial score (nSPS) is 14.7. The van der Waals surface area contributed by atoms with Crippen LogP contribution in [0.2, 0.25) is 0 Å². The van der Waals surface area contributed by atoms with Crippen LogP contribution in [0.3, 0.4) is 0 Å². The van der Waals surface area contributed by atoms with Gasteiger partial charge in [0, 0.05) is 62.4 Å². The highest BCUT2D eigenvalue weighted by molar-refractivity contribution is 5.96. The number of halogens is 2. The van der Waals surface area contributed by atoms with Gasteiger partial charge in [0.05, 0.1) is 5.39 Å². The van der Waals surface area contributed by atoms with E-state index in [1.807, 2.05) is 6.07 Å². The van der Waals surface area contributed by atoms with Gasteiger partial charge in [0.1, 0.15) is 17.2 Å². The third kappa shape index (κ3) is 3.25. The molecule has 5 rings (SSSR count). The van der Waals surface area contributed by atoms with Crippen LogP contribution in [-0.4, -0.2) is 40.9 Å². The fourth-order valence-electron chi connectivity index (χ4n) is 3.87. The van der Waals surface area contributed by atoms with Crippen LogP contribution in [0, 0.1) is 11.6 Å². The molecule has 0 radical (unpaired) electrons. The minimum Gasteiger partial charge on any atom is -0.369 e. The highest BCUT2D eigenvalue weighted by atomic mass is 19.1. The van der Waals surface area contributed by atoms with Crippen molar-refractivity contribution in [2.24, 2.45) is 7.05 Å². The molecule has 6 nitrogen and oxygen atoms in total. The second-order valence-corrected chi connectivity index (χ2v) is 7.25. The third-order valence-corrected chi connectivity index (χ3v) is 5.22. The number of nitrogens with one attached hydrogen (secondary N) is 2. The van der Waals surface area contributed by atoms with E-state index in [2.05, 4.69) is 25.6 Å². The summed E-state index contributed by atoms with van der Waals surface area (Å²) < 4.78 is 31.0. The van der Waals surface area contributed by atoms with E-state index in [4.69, 9.17) is 0 Å². The van der Waals surface area contributed by atoms with Gasteiger partial charge in [0.15, 0.2) is 5.82 Å². The maximum absolute atomic E-state index is 15.1. The van der Waals surface area contributed by atoms with Crippen molar-refractivity contribution < 1.29 is 8.78 Å². The standard InChI is InChI=1S/C21H20F2N6/c1-28-12-14-8-15(10-18(23)20(14)27-28)26-21-19-13(2-3-25-21)9-16(11-17(19)22)29-6-4-24-5-7-29/h2-3,8-12,24H,4-7H2,1H3,(H,25,26). The average molecular weight is 394 g/mol. The predicted molar refractivity (Wildman–Crippen MR) is 111 cm³/mol. The van der Waals surface area contributed by atoms with Crippen molar-refractivity contribution in [2.75, 3.05) is 36.4 Å². The molecule has 1 aliphatic rings. The molecule has 8 heteroatoms. The topological polar surface area (TPSA) is 58.0 Å². The Hall–Kier alpha value is -3.26. The zero-order valence-electron chi connectivity index (χ0n) is 15.9. The van der Waals surface area contributed by atoms with Gasteiger partial charge >= 0.3 is 0 Å². The van der Waals surface area contributed by atoms with Gasteiger partial charge in [-0.1, -0.05) is 0 Å². The van der Waals surface area contributed by atoms with Crippen LogP contribution < -0.4 is 15.5 Å². The summed E-state index contributed by atoms with van der Waals surface area (Å²) in [7, 11) is 1.74. The lowest BCUT2D eigenvalue weighted by molar-refractivity contribution is 0.586. The summed E-state index contributed by atoms with van der Waals surface area (Å²) in [6, 6.07) is 8.44. The smallest absolute Gasteiger partial charge is 0.153 e. The lowest BCUT2D eigenvalue weighted by atomic mass is 10.1. The molecule has 4 aromatic rings. The number of anilines is 3. The summed E-state index contributed by atoms with van der Waals surface area (Å²) in [5, 5.41) is 12.3. The molecular weight excluding hydrogens is 374 g/mol. The number of hydrogen-bond donors (Lipinski definition) is 2. The summed E-state index contributed by atoms with van der Waals surface area (Å²) in [5.74, 6) is -0.434. The molecule has 0 aliphatic carbocycles.